The highest BCUT2D eigenvalue weighted by molar-refractivity contribution is 5.99. The van der Waals surface area contributed by atoms with Gasteiger partial charge in [0.15, 0.2) is 0 Å². The lowest BCUT2D eigenvalue weighted by Gasteiger charge is -2.34. The highest BCUT2D eigenvalue weighted by Crippen LogP contribution is 2.23. The van der Waals surface area contributed by atoms with Gasteiger partial charge in [-0.25, -0.2) is 0 Å². The maximum absolute atomic E-state index is 12.8. The minimum Gasteiger partial charge on any atom is -0.378 e. The molecule has 0 spiro atoms. The number of amides is 1. The molecule has 2 saturated heterocycles. The number of H-pyrrole nitrogens is 1. The number of carbonyl (C=O) groups is 1. The second-order valence-electron chi connectivity index (χ2n) is 7.42. The molecular formula is C20H27N3O2. The minimum atomic E-state index is -0.00216. The van der Waals surface area contributed by atoms with Crippen molar-refractivity contribution in [3.8, 4) is 0 Å². The molecule has 0 saturated carbocycles. The maximum atomic E-state index is 12.8. The number of likely N-dealkylation sites (tertiary alicyclic amines) is 1. The third-order valence-corrected chi connectivity index (χ3v) is 5.80. The van der Waals surface area contributed by atoms with Gasteiger partial charge in [-0.3, -0.25) is 9.69 Å². The fourth-order valence-electron chi connectivity index (χ4n) is 4.14. The summed E-state index contributed by atoms with van der Waals surface area (Å²) in [6.07, 6.45) is 3.82. The van der Waals surface area contributed by atoms with Gasteiger partial charge in [0.25, 0.3) is 5.91 Å². The fourth-order valence-corrected chi connectivity index (χ4v) is 4.14. The average Bonchev–Trinajstić information content (AvgIpc) is 3.20. The molecule has 2 N–H and O–H groups in total. The van der Waals surface area contributed by atoms with Crippen molar-refractivity contribution in [2.45, 2.75) is 45.2 Å². The molecule has 134 valence electrons. The Morgan fingerprint density at radius 2 is 2.00 bits per heavy atom. The number of nitrogens with zero attached hydrogens (tertiary/aromatic N) is 1. The molecule has 4 rings (SSSR count). The Kier molecular flexibility index (Phi) is 4.52. The van der Waals surface area contributed by atoms with Crippen LogP contribution in [0, 0.1) is 13.8 Å². The van der Waals surface area contributed by atoms with E-state index in [4.69, 9.17) is 4.74 Å². The van der Waals surface area contributed by atoms with Gasteiger partial charge in [0.05, 0.1) is 25.3 Å². The van der Waals surface area contributed by atoms with Crippen molar-refractivity contribution >= 4 is 16.8 Å². The first-order valence-electron chi connectivity index (χ1n) is 9.35. The number of benzene rings is 1. The zero-order valence-electron chi connectivity index (χ0n) is 15.1. The molecule has 5 heteroatoms. The van der Waals surface area contributed by atoms with E-state index in [2.05, 4.69) is 29.0 Å². The van der Waals surface area contributed by atoms with Crippen molar-refractivity contribution in [1.82, 2.24) is 15.2 Å². The number of hydrogen-bond acceptors (Lipinski definition) is 3. The van der Waals surface area contributed by atoms with Crippen LogP contribution >= 0.6 is 0 Å². The molecule has 1 aromatic carbocycles. The molecule has 0 radical (unpaired) electrons. The van der Waals surface area contributed by atoms with Crippen LogP contribution in [0.1, 0.15) is 40.9 Å². The SMILES string of the molecule is Cc1[nH]c2ccc(C(=O)N[C@@H]3COC[C@H]3N3CCCCC3)cc2c1C. The number of carbonyl (C=O) groups excluding carboxylic acids is 1. The molecule has 5 nitrogen and oxygen atoms in total. The number of hydrogen-bond donors (Lipinski definition) is 2. The number of ether oxygens (including phenoxy) is 1. The lowest BCUT2D eigenvalue weighted by Crippen LogP contribution is -2.52. The van der Waals surface area contributed by atoms with E-state index in [1.54, 1.807) is 0 Å². The molecule has 25 heavy (non-hydrogen) atoms. The first-order chi connectivity index (χ1) is 12.1. The van der Waals surface area contributed by atoms with E-state index in [1.807, 2.05) is 18.2 Å². The van der Waals surface area contributed by atoms with Gasteiger partial charge < -0.3 is 15.0 Å². The summed E-state index contributed by atoms with van der Waals surface area (Å²) >= 11 is 0. The summed E-state index contributed by atoms with van der Waals surface area (Å²) in [6.45, 7) is 7.72. The summed E-state index contributed by atoms with van der Waals surface area (Å²) < 4.78 is 5.69. The van der Waals surface area contributed by atoms with Crippen molar-refractivity contribution in [1.29, 1.82) is 0 Å². The Hall–Kier alpha value is -1.85. The van der Waals surface area contributed by atoms with Gasteiger partial charge in [0, 0.05) is 22.2 Å². The molecule has 2 aliphatic heterocycles. The second-order valence-corrected chi connectivity index (χ2v) is 7.42. The Labute approximate surface area is 148 Å². The zero-order chi connectivity index (χ0) is 17.4. The number of aromatic nitrogens is 1. The van der Waals surface area contributed by atoms with E-state index in [1.165, 1.54) is 24.8 Å². The van der Waals surface area contributed by atoms with Gasteiger partial charge in [-0.05, 0) is 63.5 Å². The third kappa shape index (κ3) is 3.18. The van der Waals surface area contributed by atoms with Crippen molar-refractivity contribution < 1.29 is 9.53 Å². The summed E-state index contributed by atoms with van der Waals surface area (Å²) in [5.74, 6) is -0.00216. The first-order valence-corrected chi connectivity index (χ1v) is 9.35. The van der Waals surface area contributed by atoms with Gasteiger partial charge in [0.2, 0.25) is 0 Å². The normalized spacial score (nSPS) is 24.7. The van der Waals surface area contributed by atoms with Crippen LogP contribution in [0.2, 0.25) is 0 Å². The van der Waals surface area contributed by atoms with Crippen molar-refractivity contribution in [3.63, 3.8) is 0 Å². The molecule has 1 aromatic heterocycles. The summed E-state index contributed by atoms with van der Waals surface area (Å²) in [7, 11) is 0. The minimum absolute atomic E-state index is 0.00216. The van der Waals surface area contributed by atoms with Gasteiger partial charge in [0.1, 0.15) is 0 Å². The molecule has 2 aromatic rings. The van der Waals surface area contributed by atoms with Crippen LogP contribution in [-0.2, 0) is 4.74 Å². The Balaban J connectivity index is 1.50. The smallest absolute Gasteiger partial charge is 0.251 e. The summed E-state index contributed by atoms with van der Waals surface area (Å²) in [6, 6.07) is 6.28. The van der Waals surface area contributed by atoms with E-state index in [9.17, 15) is 4.79 Å². The van der Waals surface area contributed by atoms with Gasteiger partial charge in [-0.15, -0.1) is 0 Å². The van der Waals surface area contributed by atoms with E-state index >= 15 is 0 Å². The number of piperidine rings is 1. The van der Waals surface area contributed by atoms with Crippen LogP contribution in [-0.4, -0.2) is 54.2 Å². The predicted octanol–water partition coefficient (Wildman–Crippen LogP) is 2.77. The monoisotopic (exact) mass is 341 g/mol. The molecule has 1 amide bonds. The third-order valence-electron chi connectivity index (χ3n) is 5.80. The molecule has 0 unspecified atom stereocenters. The number of aromatic amines is 1. The number of aryl methyl sites for hydroxylation is 2. The highest BCUT2D eigenvalue weighted by atomic mass is 16.5. The zero-order valence-corrected chi connectivity index (χ0v) is 15.1. The van der Waals surface area contributed by atoms with Gasteiger partial charge in [-0.2, -0.15) is 0 Å². The quantitative estimate of drug-likeness (QED) is 0.902. The van der Waals surface area contributed by atoms with Crippen LogP contribution in [0.5, 0.6) is 0 Å². The van der Waals surface area contributed by atoms with E-state index in [-0.39, 0.29) is 11.9 Å². The average molecular weight is 341 g/mol. The van der Waals surface area contributed by atoms with Crippen LogP contribution in [0.15, 0.2) is 18.2 Å². The Bertz CT molecular complexity index is 777. The summed E-state index contributed by atoms with van der Waals surface area (Å²) in [5.41, 5.74) is 4.17. The number of fused-ring (bicyclic) bond motifs is 1. The van der Waals surface area contributed by atoms with E-state index in [0.29, 0.717) is 12.6 Å². The van der Waals surface area contributed by atoms with Crippen LogP contribution < -0.4 is 5.32 Å². The van der Waals surface area contributed by atoms with Crippen LogP contribution in [0.4, 0.5) is 0 Å². The largest absolute Gasteiger partial charge is 0.378 e. The van der Waals surface area contributed by atoms with E-state index in [0.717, 1.165) is 41.9 Å². The number of rotatable bonds is 3. The lowest BCUT2D eigenvalue weighted by molar-refractivity contribution is 0.0900. The van der Waals surface area contributed by atoms with Crippen LogP contribution in [0.25, 0.3) is 10.9 Å². The molecule has 2 aliphatic rings. The molecule has 0 aliphatic carbocycles. The second kappa shape index (κ2) is 6.81. The van der Waals surface area contributed by atoms with Gasteiger partial charge in [-0.1, -0.05) is 6.42 Å². The molecule has 2 fully saturated rings. The maximum Gasteiger partial charge on any atom is 0.251 e. The predicted molar refractivity (Wildman–Crippen MR) is 99.1 cm³/mol. The van der Waals surface area contributed by atoms with Crippen molar-refractivity contribution in [2.24, 2.45) is 0 Å². The fraction of sp³-hybridized carbons (Fsp3) is 0.550. The summed E-state index contributed by atoms with van der Waals surface area (Å²) in [4.78, 5) is 18.6. The topological polar surface area (TPSA) is 57.4 Å². The first kappa shape index (κ1) is 16.6. The Morgan fingerprint density at radius 1 is 1.20 bits per heavy atom. The van der Waals surface area contributed by atoms with Crippen LogP contribution in [0.3, 0.4) is 0 Å². The van der Waals surface area contributed by atoms with E-state index < -0.39 is 0 Å². The van der Waals surface area contributed by atoms with Gasteiger partial charge >= 0.3 is 0 Å². The van der Waals surface area contributed by atoms with Crippen molar-refractivity contribution in [2.75, 3.05) is 26.3 Å². The standard InChI is InChI=1S/C20H27N3O2/c1-13-14(2)21-17-7-6-15(10-16(13)17)20(24)22-18-11-25-12-19(18)23-8-4-3-5-9-23/h6-7,10,18-19,21H,3-5,8-9,11-12H2,1-2H3,(H,22,24)/t18-,19-/m1/s1. The van der Waals surface area contributed by atoms with Crippen molar-refractivity contribution in [3.05, 3.63) is 35.0 Å². The molecular weight excluding hydrogens is 314 g/mol. The Morgan fingerprint density at radius 3 is 2.80 bits per heavy atom. The molecule has 2 atom stereocenters. The molecule has 0 bridgehead atoms. The number of nitrogens with one attached hydrogen (secondary N) is 2. The molecule has 3 heterocycles. The summed E-state index contributed by atoms with van der Waals surface area (Å²) in [5, 5.41) is 4.34. The highest BCUT2D eigenvalue weighted by Gasteiger charge is 2.34. The lowest BCUT2D eigenvalue weighted by atomic mass is 10.0.